The molecule has 2 nitrogen and oxygen atoms in total. The summed E-state index contributed by atoms with van der Waals surface area (Å²) in [7, 11) is 1.37. The third kappa shape index (κ3) is 3.46. The minimum atomic E-state index is -0.335. The summed E-state index contributed by atoms with van der Waals surface area (Å²) in [4.78, 5) is 11.3. The number of carbonyl (C=O) groups is 1. The van der Waals surface area contributed by atoms with Crippen molar-refractivity contribution in [2.24, 2.45) is 0 Å². The number of ether oxygens (including phenoxy) is 1. The second kappa shape index (κ2) is 5.88. The molecule has 0 amide bonds. The Morgan fingerprint density at radius 3 is 2.32 bits per heavy atom. The van der Waals surface area contributed by atoms with Gasteiger partial charge >= 0.3 is 5.97 Å². The van der Waals surface area contributed by atoms with E-state index in [1.165, 1.54) is 12.7 Å². The van der Waals surface area contributed by atoms with Gasteiger partial charge < -0.3 is 4.74 Å². The molecule has 0 atom stereocenters. The second-order valence-electron chi connectivity index (χ2n) is 4.19. The standard InChI is InChI=1S/C17H14O2/c1-13-4-3-5-15(12-13)7-6-14-8-10-16(11-9-14)17(18)19-2/h3-5,8-12H,1-2H3. The number of hydrogen-bond acceptors (Lipinski definition) is 2. The summed E-state index contributed by atoms with van der Waals surface area (Å²) in [5, 5.41) is 0. The van der Waals surface area contributed by atoms with Crippen molar-refractivity contribution in [2.75, 3.05) is 7.11 Å². The molecule has 0 saturated carbocycles. The Morgan fingerprint density at radius 2 is 1.68 bits per heavy atom. The minimum absolute atomic E-state index is 0.335. The summed E-state index contributed by atoms with van der Waals surface area (Å²) >= 11 is 0. The van der Waals surface area contributed by atoms with E-state index in [1.54, 1.807) is 12.1 Å². The van der Waals surface area contributed by atoms with Crippen LogP contribution in [-0.4, -0.2) is 13.1 Å². The number of hydrogen-bond donors (Lipinski definition) is 0. The van der Waals surface area contributed by atoms with E-state index in [2.05, 4.69) is 16.6 Å². The van der Waals surface area contributed by atoms with Crippen molar-refractivity contribution in [3.63, 3.8) is 0 Å². The third-order valence-corrected chi connectivity index (χ3v) is 2.68. The van der Waals surface area contributed by atoms with Gasteiger partial charge in [0.15, 0.2) is 0 Å². The monoisotopic (exact) mass is 250 g/mol. The van der Waals surface area contributed by atoms with Gasteiger partial charge in [-0.25, -0.2) is 4.79 Å². The van der Waals surface area contributed by atoms with E-state index >= 15 is 0 Å². The highest BCUT2D eigenvalue weighted by atomic mass is 16.5. The molecule has 0 aliphatic rings. The Labute approximate surface area is 113 Å². The summed E-state index contributed by atoms with van der Waals surface area (Å²) < 4.78 is 4.64. The molecule has 2 aromatic rings. The molecular formula is C17H14O2. The lowest BCUT2D eigenvalue weighted by Crippen LogP contribution is -2.00. The minimum Gasteiger partial charge on any atom is -0.465 e. The highest BCUT2D eigenvalue weighted by Crippen LogP contribution is 2.06. The number of carbonyl (C=O) groups excluding carboxylic acids is 1. The Hall–Kier alpha value is -2.53. The maximum atomic E-state index is 11.3. The van der Waals surface area contributed by atoms with Crippen LogP contribution in [0.3, 0.4) is 0 Å². The highest BCUT2D eigenvalue weighted by molar-refractivity contribution is 5.89. The van der Waals surface area contributed by atoms with Crippen molar-refractivity contribution < 1.29 is 9.53 Å². The smallest absolute Gasteiger partial charge is 0.337 e. The Morgan fingerprint density at radius 1 is 1.00 bits per heavy atom. The van der Waals surface area contributed by atoms with E-state index in [0.717, 1.165) is 11.1 Å². The summed E-state index contributed by atoms with van der Waals surface area (Å²) in [5.74, 6) is 5.83. The van der Waals surface area contributed by atoms with Crippen LogP contribution in [0.25, 0.3) is 0 Å². The van der Waals surface area contributed by atoms with Gasteiger partial charge in [-0.3, -0.25) is 0 Å². The molecule has 0 aromatic heterocycles. The summed E-state index contributed by atoms with van der Waals surface area (Å²) in [5.41, 5.74) is 3.57. The van der Waals surface area contributed by atoms with Gasteiger partial charge in [-0.15, -0.1) is 0 Å². The van der Waals surface area contributed by atoms with Gasteiger partial charge in [0.25, 0.3) is 0 Å². The second-order valence-corrected chi connectivity index (χ2v) is 4.19. The number of esters is 1. The van der Waals surface area contributed by atoms with Crippen LogP contribution in [0.15, 0.2) is 48.5 Å². The first kappa shape index (κ1) is 12.9. The molecule has 0 aliphatic carbocycles. The molecule has 0 N–H and O–H groups in total. The van der Waals surface area contributed by atoms with Gasteiger partial charge in [-0.2, -0.15) is 0 Å². The fourth-order valence-corrected chi connectivity index (χ4v) is 1.67. The Balaban J connectivity index is 2.19. The van der Waals surface area contributed by atoms with Crippen LogP contribution in [0.1, 0.15) is 27.0 Å². The molecule has 94 valence electrons. The number of benzene rings is 2. The summed E-state index contributed by atoms with van der Waals surface area (Å²) in [6, 6.07) is 15.1. The lowest BCUT2D eigenvalue weighted by Gasteiger charge is -1.98. The maximum absolute atomic E-state index is 11.3. The van der Waals surface area contributed by atoms with E-state index in [-0.39, 0.29) is 5.97 Å². The lowest BCUT2D eigenvalue weighted by atomic mass is 10.1. The fourth-order valence-electron chi connectivity index (χ4n) is 1.67. The predicted octanol–water partition coefficient (Wildman–Crippen LogP) is 3.18. The maximum Gasteiger partial charge on any atom is 0.337 e. The molecule has 0 saturated heterocycles. The van der Waals surface area contributed by atoms with Crippen molar-refractivity contribution in [3.8, 4) is 11.8 Å². The zero-order valence-corrected chi connectivity index (χ0v) is 10.9. The van der Waals surface area contributed by atoms with Gasteiger partial charge in [-0.05, 0) is 48.9 Å². The summed E-state index contributed by atoms with van der Waals surface area (Å²) in [6.45, 7) is 2.04. The molecule has 2 aromatic carbocycles. The first-order valence-electron chi connectivity index (χ1n) is 5.96. The van der Waals surface area contributed by atoms with E-state index in [9.17, 15) is 4.79 Å². The normalized spacial score (nSPS) is 9.37. The van der Waals surface area contributed by atoms with Crippen molar-refractivity contribution in [3.05, 3.63) is 70.8 Å². The van der Waals surface area contributed by atoms with Crippen molar-refractivity contribution >= 4 is 5.97 Å². The van der Waals surface area contributed by atoms with Gasteiger partial charge in [0.05, 0.1) is 12.7 Å². The van der Waals surface area contributed by atoms with E-state index < -0.39 is 0 Å². The zero-order chi connectivity index (χ0) is 13.7. The van der Waals surface area contributed by atoms with Crippen molar-refractivity contribution in [1.29, 1.82) is 0 Å². The molecule has 0 unspecified atom stereocenters. The Kier molecular flexibility index (Phi) is 4.00. The topological polar surface area (TPSA) is 26.3 Å². The van der Waals surface area contributed by atoms with Gasteiger partial charge in [-0.1, -0.05) is 24.0 Å². The molecule has 0 radical (unpaired) electrons. The van der Waals surface area contributed by atoms with E-state index in [1.807, 2.05) is 43.3 Å². The number of aryl methyl sites for hydroxylation is 1. The molecule has 0 bridgehead atoms. The SMILES string of the molecule is COC(=O)c1ccc(C#Cc2cccc(C)c2)cc1. The van der Waals surface area contributed by atoms with Crippen molar-refractivity contribution in [2.45, 2.75) is 6.92 Å². The molecule has 19 heavy (non-hydrogen) atoms. The van der Waals surface area contributed by atoms with Crippen LogP contribution in [0.4, 0.5) is 0 Å². The van der Waals surface area contributed by atoms with Crippen LogP contribution in [0.2, 0.25) is 0 Å². The number of methoxy groups -OCH3 is 1. The van der Waals surface area contributed by atoms with Crippen LogP contribution >= 0.6 is 0 Å². The average molecular weight is 250 g/mol. The molecular weight excluding hydrogens is 236 g/mol. The van der Waals surface area contributed by atoms with Crippen LogP contribution in [0.5, 0.6) is 0 Å². The molecule has 2 rings (SSSR count). The predicted molar refractivity (Wildman–Crippen MR) is 74.9 cm³/mol. The number of rotatable bonds is 1. The van der Waals surface area contributed by atoms with Gasteiger partial charge in [0.1, 0.15) is 0 Å². The van der Waals surface area contributed by atoms with E-state index in [4.69, 9.17) is 0 Å². The summed E-state index contributed by atoms with van der Waals surface area (Å²) in [6.07, 6.45) is 0. The van der Waals surface area contributed by atoms with Crippen LogP contribution < -0.4 is 0 Å². The first-order chi connectivity index (χ1) is 9.19. The van der Waals surface area contributed by atoms with Crippen LogP contribution in [-0.2, 0) is 4.74 Å². The van der Waals surface area contributed by atoms with Crippen molar-refractivity contribution in [1.82, 2.24) is 0 Å². The molecule has 2 heteroatoms. The van der Waals surface area contributed by atoms with Gasteiger partial charge in [0.2, 0.25) is 0 Å². The fraction of sp³-hybridized carbons (Fsp3) is 0.118. The van der Waals surface area contributed by atoms with E-state index in [0.29, 0.717) is 5.56 Å². The third-order valence-electron chi connectivity index (χ3n) is 2.68. The largest absolute Gasteiger partial charge is 0.465 e. The van der Waals surface area contributed by atoms with Crippen LogP contribution in [0, 0.1) is 18.8 Å². The zero-order valence-electron chi connectivity index (χ0n) is 10.9. The lowest BCUT2D eigenvalue weighted by molar-refractivity contribution is 0.0601. The first-order valence-corrected chi connectivity index (χ1v) is 5.96. The quantitative estimate of drug-likeness (QED) is 0.574. The van der Waals surface area contributed by atoms with Gasteiger partial charge in [0, 0.05) is 11.1 Å². The highest BCUT2D eigenvalue weighted by Gasteiger charge is 2.02. The molecule has 0 heterocycles. The molecule has 0 spiro atoms. The molecule has 0 fully saturated rings. The molecule has 0 aliphatic heterocycles. The Bertz CT molecular complexity index is 643. The average Bonchev–Trinajstić information content (AvgIpc) is 2.45.